The van der Waals surface area contributed by atoms with E-state index in [1.54, 1.807) is 12.1 Å². The monoisotopic (exact) mass is 271 g/mol. The molecule has 1 aliphatic rings. The molecule has 2 rings (SSSR count). The fourth-order valence-corrected chi connectivity index (χ4v) is 2.42. The number of methoxy groups -OCH3 is 1. The molecular weight excluding hydrogens is 260 g/mol. The van der Waals surface area contributed by atoms with Gasteiger partial charge in [0.15, 0.2) is 0 Å². The van der Waals surface area contributed by atoms with Crippen molar-refractivity contribution in [3.8, 4) is 5.75 Å². The fourth-order valence-electron chi connectivity index (χ4n) is 1.47. The molecule has 96 valence electrons. The van der Waals surface area contributed by atoms with Crippen LogP contribution in [0, 0.1) is 0 Å². The zero-order chi connectivity index (χ0) is 13.3. The smallest absolute Gasteiger partial charge is 0.306 e. The van der Waals surface area contributed by atoms with E-state index in [4.69, 9.17) is 4.74 Å². The van der Waals surface area contributed by atoms with Crippen molar-refractivity contribution in [2.45, 2.75) is 17.7 Å². The first-order valence-corrected chi connectivity index (χ1v) is 5.99. The molecule has 0 unspecified atom stereocenters. The summed E-state index contributed by atoms with van der Waals surface area (Å²) in [4.78, 5) is 12.1. The van der Waals surface area contributed by atoms with E-state index in [0.29, 0.717) is 23.4 Å². The van der Waals surface area contributed by atoms with Crippen LogP contribution in [0.25, 0.3) is 0 Å². The van der Waals surface area contributed by atoms with Gasteiger partial charge in [0.2, 0.25) is 5.78 Å². The topological polar surface area (TPSA) is 38.3 Å². The normalized spacial score (nSPS) is 16.3. The third-order valence-corrected chi connectivity index (χ3v) is 3.37. The third kappa shape index (κ3) is 2.48. The van der Waals surface area contributed by atoms with E-state index in [1.165, 1.54) is 18.9 Å². The summed E-state index contributed by atoms with van der Waals surface area (Å²) in [6, 6.07) is 5.38. The first-order valence-electron chi connectivity index (χ1n) is 5.17. The molecule has 6 heteroatoms. The van der Waals surface area contributed by atoms with Crippen molar-refractivity contribution < 1.29 is 18.3 Å². The van der Waals surface area contributed by atoms with E-state index in [1.807, 2.05) is 6.07 Å². The Hall–Kier alpha value is -1.56. The second kappa shape index (κ2) is 4.61. The number of allylic oxidation sites excluding steroid dienone is 1. The van der Waals surface area contributed by atoms with E-state index < -0.39 is 11.7 Å². The Bertz CT molecular complexity index is 523. The summed E-state index contributed by atoms with van der Waals surface area (Å²) in [7, 11) is 1.52. The van der Waals surface area contributed by atoms with E-state index in [2.05, 4.69) is 5.32 Å². The van der Waals surface area contributed by atoms with Crippen LogP contribution in [0.4, 0.5) is 14.5 Å². The second-order valence-electron chi connectivity index (χ2n) is 3.82. The van der Waals surface area contributed by atoms with Gasteiger partial charge in [-0.15, -0.1) is 0 Å². The van der Waals surface area contributed by atoms with Crippen LogP contribution >= 0.6 is 11.8 Å². The molecule has 3 nitrogen and oxygen atoms in total. The molecule has 0 bridgehead atoms. The number of ketones is 1. The Morgan fingerprint density at radius 1 is 1.50 bits per heavy atom. The maximum absolute atomic E-state index is 12.8. The standard InChI is InChI=1S/C12H11F2NO2S/c1-12(13,14)9(16)6-10-15-11-7(17-2)4-3-5-8(11)18-10/h3-6,15H,1-2H3/b10-6+. The van der Waals surface area contributed by atoms with Crippen LogP contribution in [-0.4, -0.2) is 18.8 Å². The lowest BCUT2D eigenvalue weighted by molar-refractivity contribution is -0.135. The zero-order valence-corrected chi connectivity index (χ0v) is 10.6. The molecule has 0 aliphatic carbocycles. The summed E-state index contributed by atoms with van der Waals surface area (Å²) < 4.78 is 30.7. The SMILES string of the molecule is COc1cccc2c1N/C(=C\C(=O)C(C)(F)F)S2. The van der Waals surface area contributed by atoms with Gasteiger partial charge in [-0.2, -0.15) is 8.78 Å². The molecule has 0 saturated carbocycles. The van der Waals surface area contributed by atoms with Gasteiger partial charge in [-0.3, -0.25) is 4.79 Å². The lowest BCUT2D eigenvalue weighted by atomic mass is 10.2. The Balaban J connectivity index is 2.25. The summed E-state index contributed by atoms with van der Waals surface area (Å²) in [5.74, 6) is -3.96. The molecule has 1 aromatic rings. The number of hydrogen-bond donors (Lipinski definition) is 1. The van der Waals surface area contributed by atoms with Crippen molar-refractivity contribution in [1.82, 2.24) is 0 Å². The first-order chi connectivity index (χ1) is 8.41. The molecule has 0 amide bonds. The fraction of sp³-hybridized carbons (Fsp3) is 0.250. The summed E-state index contributed by atoms with van der Waals surface area (Å²) in [5, 5.41) is 3.28. The van der Waals surface area contributed by atoms with Gasteiger partial charge in [-0.05, 0) is 12.1 Å². The van der Waals surface area contributed by atoms with Crippen molar-refractivity contribution in [2.24, 2.45) is 0 Å². The first kappa shape index (κ1) is 12.9. The average Bonchev–Trinajstić information content (AvgIpc) is 2.69. The average molecular weight is 271 g/mol. The molecule has 1 aliphatic heterocycles. The van der Waals surface area contributed by atoms with Gasteiger partial charge in [0.1, 0.15) is 5.75 Å². The second-order valence-corrected chi connectivity index (χ2v) is 4.91. The van der Waals surface area contributed by atoms with Crippen molar-refractivity contribution in [1.29, 1.82) is 0 Å². The van der Waals surface area contributed by atoms with Gasteiger partial charge >= 0.3 is 5.92 Å². The van der Waals surface area contributed by atoms with Crippen molar-refractivity contribution >= 4 is 23.2 Å². The maximum atomic E-state index is 12.8. The lowest BCUT2D eigenvalue weighted by Gasteiger charge is -2.06. The number of para-hydroxylation sites is 1. The van der Waals surface area contributed by atoms with Crippen LogP contribution in [0.15, 0.2) is 34.2 Å². The Morgan fingerprint density at radius 3 is 2.83 bits per heavy atom. The minimum Gasteiger partial charge on any atom is -0.495 e. The van der Waals surface area contributed by atoms with Gasteiger partial charge in [-0.1, -0.05) is 17.8 Å². The van der Waals surface area contributed by atoms with E-state index >= 15 is 0 Å². The molecule has 0 fully saturated rings. The van der Waals surface area contributed by atoms with Crippen molar-refractivity contribution in [3.63, 3.8) is 0 Å². The van der Waals surface area contributed by atoms with Crippen molar-refractivity contribution in [3.05, 3.63) is 29.3 Å². The number of thioether (sulfide) groups is 1. The third-order valence-electron chi connectivity index (χ3n) is 2.37. The number of fused-ring (bicyclic) bond motifs is 1. The highest BCUT2D eigenvalue weighted by Gasteiger charge is 2.31. The number of anilines is 1. The molecule has 0 radical (unpaired) electrons. The highest BCUT2D eigenvalue weighted by molar-refractivity contribution is 8.03. The van der Waals surface area contributed by atoms with Gasteiger partial charge < -0.3 is 10.1 Å². The predicted molar refractivity (Wildman–Crippen MR) is 66.2 cm³/mol. The Labute approximate surface area is 107 Å². The largest absolute Gasteiger partial charge is 0.495 e. The minimum absolute atomic E-state index is 0.376. The molecule has 0 atom stereocenters. The number of ether oxygens (including phenoxy) is 1. The molecule has 1 aromatic carbocycles. The number of alkyl halides is 2. The van der Waals surface area contributed by atoms with Crippen LogP contribution in [-0.2, 0) is 4.79 Å². The van der Waals surface area contributed by atoms with Crippen LogP contribution in [0.5, 0.6) is 5.75 Å². The number of halogens is 2. The minimum atomic E-state index is -3.35. The van der Waals surface area contributed by atoms with Gasteiger partial charge in [0, 0.05) is 17.9 Å². The van der Waals surface area contributed by atoms with Gasteiger partial charge in [-0.25, -0.2) is 0 Å². The zero-order valence-electron chi connectivity index (χ0n) is 9.79. The van der Waals surface area contributed by atoms with E-state index in [-0.39, 0.29) is 0 Å². The quantitative estimate of drug-likeness (QED) is 0.856. The maximum Gasteiger partial charge on any atom is 0.306 e. The summed E-state index contributed by atoms with van der Waals surface area (Å²) in [6.07, 6.45) is 0.921. The summed E-state index contributed by atoms with van der Waals surface area (Å²) in [5.41, 5.74) is 0.698. The lowest BCUT2D eigenvalue weighted by Crippen LogP contribution is -2.22. The van der Waals surface area contributed by atoms with Crippen LogP contribution < -0.4 is 10.1 Å². The number of rotatable bonds is 3. The molecule has 0 aromatic heterocycles. The molecular formula is C12H11F2NO2S. The number of benzene rings is 1. The highest BCUT2D eigenvalue weighted by Crippen LogP contribution is 2.45. The number of nitrogens with one attached hydrogen (secondary N) is 1. The Morgan fingerprint density at radius 2 is 2.22 bits per heavy atom. The van der Waals surface area contributed by atoms with E-state index in [0.717, 1.165) is 11.0 Å². The van der Waals surface area contributed by atoms with Crippen LogP contribution in [0.2, 0.25) is 0 Å². The van der Waals surface area contributed by atoms with E-state index in [9.17, 15) is 13.6 Å². The van der Waals surface area contributed by atoms with Gasteiger partial charge in [0.25, 0.3) is 0 Å². The molecule has 1 heterocycles. The molecule has 0 spiro atoms. The van der Waals surface area contributed by atoms with Crippen LogP contribution in [0.3, 0.4) is 0 Å². The number of carbonyl (C=O) groups is 1. The molecule has 0 saturated heterocycles. The van der Waals surface area contributed by atoms with Crippen molar-refractivity contribution in [2.75, 3.05) is 12.4 Å². The molecule has 18 heavy (non-hydrogen) atoms. The summed E-state index contributed by atoms with van der Waals surface area (Å²) in [6.45, 7) is 0.583. The summed E-state index contributed by atoms with van der Waals surface area (Å²) >= 11 is 1.23. The van der Waals surface area contributed by atoms with Gasteiger partial charge in [0.05, 0.1) is 17.8 Å². The van der Waals surface area contributed by atoms with Crippen LogP contribution in [0.1, 0.15) is 6.92 Å². The predicted octanol–water partition coefficient (Wildman–Crippen LogP) is 3.28. The highest BCUT2D eigenvalue weighted by atomic mass is 32.2. The molecule has 1 N–H and O–H groups in total. The number of carbonyl (C=O) groups excluding carboxylic acids is 1. The number of hydrogen-bond acceptors (Lipinski definition) is 4. The Kier molecular flexibility index (Phi) is 3.30.